The van der Waals surface area contributed by atoms with Gasteiger partial charge in [-0.05, 0) is 19.1 Å². The van der Waals surface area contributed by atoms with Gasteiger partial charge in [-0.3, -0.25) is 9.59 Å². The maximum absolute atomic E-state index is 11.1. The van der Waals surface area contributed by atoms with Gasteiger partial charge >= 0.3 is 5.97 Å². The predicted molar refractivity (Wildman–Crippen MR) is 72.0 cm³/mol. The summed E-state index contributed by atoms with van der Waals surface area (Å²) < 4.78 is 1.60. The number of carbonyl (C=O) groups excluding carboxylic acids is 1. The third kappa shape index (κ3) is 2.85. The van der Waals surface area contributed by atoms with Crippen molar-refractivity contribution in [3.8, 4) is 5.69 Å². The zero-order valence-corrected chi connectivity index (χ0v) is 11.1. The molecule has 1 aromatic heterocycles. The first-order valence-corrected chi connectivity index (χ1v) is 6.57. The van der Waals surface area contributed by atoms with E-state index in [-0.39, 0.29) is 5.75 Å². The normalized spacial score (nSPS) is 10.4. The third-order valence-electron chi connectivity index (χ3n) is 2.51. The van der Waals surface area contributed by atoms with Crippen LogP contribution in [0.5, 0.6) is 0 Å². The van der Waals surface area contributed by atoms with Crippen LogP contribution in [0.25, 0.3) is 5.69 Å². The summed E-state index contributed by atoms with van der Waals surface area (Å²) in [4.78, 5) is 21.8. The van der Waals surface area contributed by atoms with Gasteiger partial charge in [0, 0.05) is 0 Å². The summed E-state index contributed by atoms with van der Waals surface area (Å²) in [5, 5.41) is 13.6. The molecule has 2 aromatic rings. The van der Waals surface area contributed by atoms with Crippen molar-refractivity contribution in [1.82, 2.24) is 9.78 Å². The van der Waals surface area contributed by atoms with Gasteiger partial charge in [-0.2, -0.15) is 5.10 Å². The Morgan fingerprint density at radius 3 is 2.68 bits per heavy atom. The number of carbonyl (C=O) groups is 2. The number of aromatic nitrogens is 2. The molecule has 19 heavy (non-hydrogen) atoms. The minimum Gasteiger partial charge on any atom is -0.481 e. The molecule has 0 fully saturated rings. The fourth-order valence-corrected chi connectivity index (χ4v) is 2.55. The van der Waals surface area contributed by atoms with E-state index in [0.29, 0.717) is 22.6 Å². The number of hydrogen-bond donors (Lipinski definition) is 1. The number of aliphatic carboxylic acids is 1. The van der Waals surface area contributed by atoms with Crippen LogP contribution in [0.2, 0.25) is 0 Å². The highest BCUT2D eigenvalue weighted by molar-refractivity contribution is 8.00. The van der Waals surface area contributed by atoms with Crippen LogP contribution >= 0.6 is 11.8 Å². The molecule has 0 aliphatic heterocycles. The van der Waals surface area contributed by atoms with Crippen molar-refractivity contribution in [1.29, 1.82) is 0 Å². The summed E-state index contributed by atoms with van der Waals surface area (Å²) in [7, 11) is 0. The summed E-state index contributed by atoms with van der Waals surface area (Å²) in [6, 6.07) is 9.30. The first kappa shape index (κ1) is 13.4. The number of aldehydes is 1. The van der Waals surface area contributed by atoms with Crippen molar-refractivity contribution >= 4 is 24.0 Å². The number of aryl methyl sites for hydroxylation is 1. The third-order valence-corrected chi connectivity index (χ3v) is 3.57. The summed E-state index contributed by atoms with van der Waals surface area (Å²) in [6.45, 7) is 1.73. The Kier molecular flexibility index (Phi) is 4.01. The molecule has 1 N–H and O–H groups in total. The summed E-state index contributed by atoms with van der Waals surface area (Å²) >= 11 is 1.09. The fourth-order valence-electron chi connectivity index (χ4n) is 1.67. The molecule has 0 atom stereocenters. The minimum atomic E-state index is -0.930. The Labute approximate surface area is 114 Å². The van der Waals surface area contributed by atoms with Crippen molar-refractivity contribution in [2.75, 3.05) is 5.75 Å². The number of hydrogen-bond acceptors (Lipinski definition) is 4. The average Bonchev–Trinajstić information content (AvgIpc) is 2.73. The highest BCUT2D eigenvalue weighted by Crippen LogP contribution is 2.27. The Bertz CT molecular complexity index is 608. The van der Waals surface area contributed by atoms with Gasteiger partial charge in [0.05, 0.1) is 22.7 Å². The molecule has 5 nitrogen and oxygen atoms in total. The minimum absolute atomic E-state index is 0.112. The Morgan fingerprint density at radius 1 is 1.42 bits per heavy atom. The van der Waals surface area contributed by atoms with Crippen molar-refractivity contribution in [2.24, 2.45) is 0 Å². The molecular formula is C13H12N2O3S. The predicted octanol–water partition coefficient (Wildman–Crippen LogP) is 2.17. The van der Waals surface area contributed by atoms with E-state index < -0.39 is 5.97 Å². The van der Waals surface area contributed by atoms with Crippen molar-refractivity contribution < 1.29 is 14.7 Å². The molecule has 0 amide bonds. The molecular weight excluding hydrogens is 264 g/mol. The zero-order valence-electron chi connectivity index (χ0n) is 10.2. The van der Waals surface area contributed by atoms with Crippen molar-refractivity contribution in [3.63, 3.8) is 0 Å². The van der Waals surface area contributed by atoms with E-state index in [9.17, 15) is 9.59 Å². The molecule has 6 heteroatoms. The summed E-state index contributed by atoms with van der Waals surface area (Å²) in [5.41, 5.74) is 1.83. The fraction of sp³-hybridized carbons (Fsp3) is 0.154. The van der Waals surface area contributed by atoms with Crippen LogP contribution in [0.1, 0.15) is 16.1 Å². The Balaban J connectivity index is 2.48. The van der Waals surface area contributed by atoms with E-state index in [1.807, 2.05) is 30.3 Å². The number of carboxylic acids is 1. The highest BCUT2D eigenvalue weighted by atomic mass is 32.2. The quantitative estimate of drug-likeness (QED) is 0.669. The SMILES string of the molecule is Cc1nn(-c2ccccc2)c(SCC(=O)O)c1C=O. The van der Waals surface area contributed by atoms with Gasteiger partial charge in [-0.15, -0.1) is 0 Å². The van der Waals surface area contributed by atoms with Gasteiger partial charge in [0.1, 0.15) is 5.03 Å². The van der Waals surface area contributed by atoms with E-state index in [4.69, 9.17) is 5.11 Å². The molecule has 0 radical (unpaired) electrons. The molecule has 98 valence electrons. The molecule has 0 saturated heterocycles. The first-order valence-electron chi connectivity index (χ1n) is 5.58. The molecule has 0 aliphatic rings. The van der Waals surface area contributed by atoms with Crippen LogP contribution in [0, 0.1) is 6.92 Å². The molecule has 1 aromatic carbocycles. The van der Waals surface area contributed by atoms with E-state index in [0.717, 1.165) is 17.4 Å². The second kappa shape index (κ2) is 5.71. The van der Waals surface area contributed by atoms with Crippen LogP contribution in [0.15, 0.2) is 35.4 Å². The number of nitrogens with zero attached hydrogens (tertiary/aromatic N) is 2. The van der Waals surface area contributed by atoms with Crippen LogP contribution in [0.4, 0.5) is 0 Å². The van der Waals surface area contributed by atoms with Crippen molar-refractivity contribution in [2.45, 2.75) is 11.9 Å². The average molecular weight is 276 g/mol. The molecule has 0 aliphatic carbocycles. The van der Waals surface area contributed by atoms with Gasteiger partial charge in [0.25, 0.3) is 0 Å². The van der Waals surface area contributed by atoms with Crippen molar-refractivity contribution in [3.05, 3.63) is 41.6 Å². The summed E-state index contributed by atoms with van der Waals surface area (Å²) in [6.07, 6.45) is 0.714. The Hall–Kier alpha value is -2.08. The molecule has 0 saturated carbocycles. The molecule has 0 bridgehead atoms. The zero-order chi connectivity index (χ0) is 13.8. The number of carboxylic acid groups (broad SMARTS) is 1. The first-order chi connectivity index (χ1) is 9.13. The van der Waals surface area contributed by atoms with Crippen LogP contribution < -0.4 is 0 Å². The number of benzene rings is 1. The summed E-state index contributed by atoms with van der Waals surface area (Å²) in [5.74, 6) is -1.04. The molecule has 2 rings (SSSR count). The standard InChI is InChI=1S/C13H12N2O3S/c1-9-11(7-16)13(19-8-12(17)18)15(14-9)10-5-3-2-4-6-10/h2-7H,8H2,1H3,(H,17,18). The van der Waals surface area contributed by atoms with Gasteiger partial charge in [0.15, 0.2) is 6.29 Å². The maximum Gasteiger partial charge on any atom is 0.313 e. The van der Waals surface area contributed by atoms with Gasteiger partial charge in [-0.1, -0.05) is 30.0 Å². The van der Waals surface area contributed by atoms with E-state index >= 15 is 0 Å². The smallest absolute Gasteiger partial charge is 0.313 e. The molecule has 0 unspecified atom stereocenters. The lowest BCUT2D eigenvalue weighted by molar-refractivity contribution is -0.133. The van der Waals surface area contributed by atoms with Gasteiger partial charge in [0.2, 0.25) is 0 Å². The second-order valence-corrected chi connectivity index (χ2v) is 4.82. The van der Waals surface area contributed by atoms with E-state index in [2.05, 4.69) is 5.10 Å². The largest absolute Gasteiger partial charge is 0.481 e. The van der Waals surface area contributed by atoms with Crippen LogP contribution in [-0.2, 0) is 4.79 Å². The molecule has 0 spiro atoms. The van der Waals surface area contributed by atoms with Gasteiger partial charge < -0.3 is 5.11 Å². The lowest BCUT2D eigenvalue weighted by Crippen LogP contribution is -2.03. The Morgan fingerprint density at radius 2 is 2.11 bits per heavy atom. The van der Waals surface area contributed by atoms with E-state index in [1.54, 1.807) is 11.6 Å². The van der Waals surface area contributed by atoms with Gasteiger partial charge in [-0.25, -0.2) is 4.68 Å². The van der Waals surface area contributed by atoms with Crippen LogP contribution in [-0.4, -0.2) is 32.9 Å². The maximum atomic E-state index is 11.1. The van der Waals surface area contributed by atoms with Crippen LogP contribution in [0.3, 0.4) is 0 Å². The highest BCUT2D eigenvalue weighted by Gasteiger charge is 2.17. The number of thioether (sulfide) groups is 1. The number of para-hydroxylation sites is 1. The second-order valence-electron chi connectivity index (χ2n) is 3.85. The lowest BCUT2D eigenvalue weighted by atomic mass is 10.3. The topological polar surface area (TPSA) is 72.2 Å². The number of rotatable bonds is 5. The monoisotopic (exact) mass is 276 g/mol. The van der Waals surface area contributed by atoms with E-state index in [1.165, 1.54) is 0 Å². The lowest BCUT2D eigenvalue weighted by Gasteiger charge is -2.06. The molecule has 1 heterocycles.